The van der Waals surface area contributed by atoms with E-state index >= 15 is 0 Å². The zero-order chi connectivity index (χ0) is 15.2. The second-order valence-electron chi connectivity index (χ2n) is 3.94. The first-order chi connectivity index (χ1) is 10.1. The molecule has 0 aliphatic heterocycles. The van der Waals surface area contributed by atoms with Gasteiger partial charge in [-0.05, 0) is 12.3 Å². The first-order valence-electron chi connectivity index (χ1n) is 5.89. The summed E-state index contributed by atoms with van der Waals surface area (Å²) in [5.41, 5.74) is 0.737. The molecule has 1 heterocycles. The number of rotatable bonds is 7. The molecule has 0 unspecified atom stereocenters. The van der Waals surface area contributed by atoms with Crippen LogP contribution in [-0.2, 0) is 11.5 Å². The summed E-state index contributed by atoms with van der Waals surface area (Å²) in [6, 6.07) is 4.49. The van der Waals surface area contributed by atoms with E-state index in [2.05, 4.69) is 10.2 Å². The summed E-state index contributed by atoms with van der Waals surface area (Å²) < 4.78 is 10.6. The number of non-ortho nitro benzene ring substituents is 1. The van der Waals surface area contributed by atoms with Gasteiger partial charge in [-0.3, -0.25) is 10.1 Å². The van der Waals surface area contributed by atoms with Crippen LogP contribution in [0.4, 0.5) is 5.69 Å². The number of nitro groups is 1. The van der Waals surface area contributed by atoms with E-state index in [9.17, 15) is 10.1 Å². The number of hydrogen-bond donors (Lipinski definition) is 0. The predicted octanol–water partition coefficient (Wildman–Crippen LogP) is 3.14. The van der Waals surface area contributed by atoms with E-state index in [1.165, 1.54) is 31.0 Å². The van der Waals surface area contributed by atoms with Crippen LogP contribution in [0.2, 0.25) is 0 Å². The van der Waals surface area contributed by atoms with Gasteiger partial charge in [-0.1, -0.05) is 11.8 Å². The lowest BCUT2D eigenvalue weighted by molar-refractivity contribution is -0.384. The lowest BCUT2D eigenvalue weighted by Crippen LogP contribution is -1.94. The number of thioether (sulfide) groups is 2. The molecule has 0 spiro atoms. The van der Waals surface area contributed by atoms with Gasteiger partial charge in [0.05, 0.1) is 17.8 Å². The fourth-order valence-electron chi connectivity index (χ4n) is 1.61. The maximum Gasteiger partial charge on any atom is 0.276 e. The van der Waals surface area contributed by atoms with Gasteiger partial charge < -0.3 is 9.15 Å². The molecule has 2 rings (SSSR count). The average molecular weight is 327 g/mol. The molecule has 2 aromatic rings. The van der Waals surface area contributed by atoms with Crippen LogP contribution in [0.1, 0.15) is 11.5 Å². The Labute approximate surface area is 129 Å². The van der Waals surface area contributed by atoms with Crippen LogP contribution in [0.5, 0.6) is 5.75 Å². The summed E-state index contributed by atoms with van der Waals surface area (Å²) in [4.78, 5) is 10.4. The van der Waals surface area contributed by atoms with Crippen LogP contribution in [0.15, 0.2) is 27.8 Å². The number of nitro benzene ring substituents is 1. The minimum Gasteiger partial charge on any atom is -0.496 e. The molecule has 21 heavy (non-hydrogen) atoms. The Morgan fingerprint density at radius 2 is 2.19 bits per heavy atom. The maximum atomic E-state index is 10.8. The molecule has 0 N–H and O–H groups in total. The normalized spacial score (nSPS) is 10.6. The summed E-state index contributed by atoms with van der Waals surface area (Å²) in [7, 11) is 1.53. The number of methoxy groups -OCH3 is 1. The van der Waals surface area contributed by atoms with Crippen molar-refractivity contribution in [2.45, 2.75) is 16.7 Å². The minimum absolute atomic E-state index is 0.0278. The molecular formula is C12H13N3O4S2. The lowest BCUT2D eigenvalue weighted by atomic mass is 10.2. The van der Waals surface area contributed by atoms with Crippen LogP contribution in [0.3, 0.4) is 0 Å². The van der Waals surface area contributed by atoms with Crippen molar-refractivity contribution < 1.29 is 14.1 Å². The molecule has 1 aromatic heterocycles. The Bertz CT molecular complexity index is 633. The highest BCUT2D eigenvalue weighted by Gasteiger charge is 2.13. The van der Waals surface area contributed by atoms with E-state index in [4.69, 9.17) is 9.15 Å². The van der Waals surface area contributed by atoms with Crippen molar-refractivity contribution in [3.63, 3.8) is 0 Å². The van der Waals surface area contributed by atoms with Gasteiger partial charge in [-0.15, -0.1) is 10.2 Å². The van der Waals surface area contributed by atoms with Gasteiger partial charge in [0, 0.05) is 23.4 Å². The fraction of sp³-hybridized carbons (Fsp3) is 0.333. The van der Waals surface area contributed by atoms with Crippen molar-refractivity contribution in [3.05, 3.63) is 39.8 Å². The van der Waals surface area contributed by atoms with Crippen LogP contribution in [-0.4, -0.2) is 28.5 Å². The molecular weight excluding hydrogens is 314 g/mol. The van der Waals surface area contributed by atoms with Crippen molar-refractivity contribution in [2.75, 3.05) is 13.4 Å². The van der Waals surface area contributed by atoms with E-state index < -0.39 is 4.92 Å². The molecule has 0 atom stereocenters. The highest BCUT2D eigenvalue weighted by molar-refractivity contribution is 7.98. The molecule has 0 aliphatic rings. The third-order valence-corrected chi connectivity index (χ3v) is 3.94. The molecule has 0 saturated carbocycles. The number of hydrogen-bond acceptors (Lipinski definition) is 8. The van der Waals surface area contributed by atoms with E-state index in [1.807, 2.05) is 6.26 Å². The fourth-order valence-corrected chi connectivity index (χ4v) is 2.73. The van der Waals surface area contributed by atoms with Gasteiger partial charge in [0.25, 0.3) is 10.9 Å². The monoisotopic (exact) mass is 327 g/mol. The first-order valence-corrected chi connectivity index (χ1v) is 8.27. The van der Waals surface area contributed by atoms with Crippen molar-refractivity contribution in [1.82, 2.24) is 10.2 Å². The Morgan fingerprint density at radius 3 is 2.86 bits per heavy atom. The van der Waals surface area contributed by atoms with Crippen LogP contribution >= 0.6 is 23.5 Å². The van der Waals surface area contributed by atoms with Crippen LogP contribution < -0.4 is 4.74 Å². The molecule has 0 radical (unpaired) electrons. The van der Waals surface area contributed by atoms with Gasteiger partial charge in [-0.2, -0.15) is 11.8 Å². The molecule has 112 valence electrons. The van der Waals surface area contributed by atoms with Gasteiger partial charge in [0.2, 0.25) is 5.89 Å². The largest absolute Gasteiger partial charge is 0.496 e. The first kappa shape index (κ1) is 15.6. The predicted molar refractivity (Wildman–Crippen MR) is 80.7 cm³/mol. The third kappa shape index (κ3) is 4.11. The Kier molecular flexibility index (Phi) is 5.45. The number of nitrogens with zero attached hydrogens (tertiary/aromatic N) is 3. The highest BCUT2D eigenvalue weighted by Crippen LogP contribution is 2.30. The van der Waals surface area contributed by atoms with E-state index in [0.29, 0.717) is 33.9 Å². The van der Waals surface area contributed by atoms with Gasteiger partial charge >= 0.3 is 0 Å². The SMILES string of the molecule is COc1ccc([N+](=O)[O-])cc1CSc1nnc(CSC)o1. The van der Waals surface area contributed by atoms with Crippen molar-refractivity contribution in [1.29, 1.82) is 0 Å². The number of benzene rings is 1. The summed E-state index contributed by atoms with van der Waals surface area (Å²) in [5.74, 6) is 2.27. The summed E-state index contributed by atoms with van der Waals surface area (Å²) in [6.07, 6.45) is 1.95. The van der Waals surface area contributed by atoms with Crippen molar-refractivity contribution in [3.8, 4) is 5.75 Å². The highest BCUT2D eigenvalue weighted by atomic mass is 32.2. The Balaban J connectivity index is 2.10. The van der Waals surface area contributed by atoms with E-state index in [1.54, 1.807) is 17.8 Å². The van der Waals surface area contributed by atoms with Crippen LogP contribution in [0, 0.1) is 10.1 Å². The zero-order valence-electron chi connectivity index (χ0n) is 11.4. The Morgan fingerprint density at radius 1 is 1.38 bits per heavy atom. The smallest absolute Gasteiger partial charge is 0.276 e. The van der Waals surface area contributed by atoms with Gasteiger partial charge in [0.1, 0.15) is 5.75 Å². The molecule has 1 aromatic carbocycles. The van der Waals surface area contributed by atoms with E-state index in [0.717, 1.165) is 0 Å². The van der Waals surface area contributed by atoms with Gasteiger partial charge in [0.15, 0.2) is 0 Å². The molecule has 0 aliphatic carbocycles. The molecule has 7 nitrogen and oxygen atoms in total. The molecule has 0 fully saturated rings. The van der Waals surface area contributed by atoms with Crippen molar-refractivity contribution >= 4 is 29.2 Å². The molecule has 0 bridgehead atoms. The maximum absolute atomic E-state index is 10.8. The second-order valence-corrected chi connectivity index (χ2v) is 5.73. The topological polar surface area (TPSA) is 91.3 Å². The van der Waals surface area contributed by atoms with Crippen LogP contribution in [0.25, 0.3) is 0 Å². The quantitative estimate of drug-likeness (QED) is 0.435. The Hall–Kier alpha value is -1.74. The van der Waals surface area contributed by atoms with Crippen molar-refractivity contribution in [2.24, 2.45) is 0 Å². The van der Waals surface area contributed by atoms with E-state index in [-0.39, 0.29) is 5.69 Å². The number of aromatic nitrogens is 2. The number of ether oxygens (including phenoxy) is 1. The standard InChI is InChI=1S/C12H13N3O4S2/c1-18-10-4-3-9(15(16)17)5-8(10)6-21-12-14-13-11(19-12)7-20-2/h3-5H,6-7H2,1-2H3. The molecule has 0 amide bonds. The summed E-state index contributed by atoms with van der Waals surface area (Å²) in [5, 5.41) is 19.1. The second kappa shape index (κ2) is 7.32. The molecule has 0 saturated heterocycles. The summed E-state index contributed by atoms with van der Waals surface area (Å²) in [6.45, 7) is 0. The third-order valence-electron chi connectivity index (χ3n) is 2.54. The molecule has 9 heteroatoms. The lowest BCUT2D eigenvalue weighted by Gasteiger charge is -2.06. The summed E-state index contributed by atoms with van der Waals surface area (Å²) >= 11 is 2.91. The minimum atomic E-state index is -0.434. The average Bonchev–Trinajstić information content (AvgIpc) is 2.92. The van der Waals surface area contributed by atoms with Gasteiger partial charge in [-0.25, -0.2) is 0 Å². The zero-order valence-corrected chi connectivity index (χ0v) is 13.1.